The number of carbonyl (C=O) groups excluding carboxylic acids is 2. The van der Waals surface area contributed by atoms with Crippen molar-refractivity contribution in [2.75, 3.05) is 13.7 Å². The van der Waals surface area contributed by atoms with Gasteiger partial charge in [-0.15, -0.1) is 0 Å². The van der Waals surface area contributed by atoms with E-state index in [0.717, 1.165) is 24.8 Å². The van der Waals surface area contributed by atoms with Crippen LogP contribution in [0.1, 0.15) is 29.2 Å². The van der Waals surface area contributed by atoms with E-state index in [1.165, 1.54) is 4.90 Å². The smallest absolute Gasteiger partial charge is 0.419 e. The van der Waals surface area contributed by atoms with Gasteiger partial charge in [-0.1, -0.05) is 54.6 Å². The van der Waals surface area contributed by atoms with E-state index in [0.29, 0.717) is 24.2 Å². The Morgan fingerprint density at radius 3 is 2.28 bits per heavy atom. The Kier molecular flexibility index (Phi) is 8.68. The first-order valence-electron chi connectivity index (χ1n) is 11.3. The summed E-state index contributed by atoms with van der Waals surface area (Å²) in [6.07, 6.45) is -5.72. The molecular weight excluding hydrogens is 476 g/mol. The highest BCUT2D eigenvalue weighted by molar-refractivity contribution is 5.77. The fraction of sp³-hybridized carbons (Fsp3) is 0.259. The van der Waals surface area contributed by atoms with Gasteiger partial charge in [0.25, 0.3) is 0 Å². The summed E-state index contributed by atoms with van der Waals surface area (Å²) < 4.78 is 59.9. The Morgan fingerprint density at radius 1 is 0.972 bits per heavy atom. The largest absolute Gasteiger partial charge is 0.469 e. The van der Waals surface area contributed by atoms with Crippen molar-refractivity contribution in [3.05, 3.63) is 94.8 Å². The van der Waals surface area contributed by atoms with Gasteiger partial charge >= 0.3 is 18.2 Å². The number of nitrogens with one attached hydrogen (secondary N) is 1. The second kappa shape index (κ2) is 11.7. The van der Waals surface area contributed by atoms with Gasteiger partial charge in [0.2, 0.25) is 0 Å². The molecule has 3 aromatic rings. The Bertz CT molecular complexity index is 1210. The molecule has 0 atom stereocenters. The molecule has 0 saturated carbocycles. The van der Waals surface area contributed by atoms with Gasteiger partial charge in [0.1, 0.15) is 5.82 Å². The molecular formula is C27H26F4N2O3. The Labute approximate surface area is 206 Å². The summed E-state index contributed by atoms with van der Waals surface area (Å²) in [5.41, 5.74) is 0.135. The predicted molar refractivity (Wildman–Crippen MR) is 127 cm³/mol. The summed E-state index contributed by atoms with van der Waals surface area (Å²) >= 11 is 0. The topological polar surface area (TPSA) is 58.6 Å². The number of halogens is 4. The van der Waals surface area contributed by atoms with Crippen LogP contribution in [0.3, 0.4) is 0 Å². The fourth-order valence-electron chi connectivity index (χ4n) is 3.86. The van der Waals surface area contributed by atoms with E-state index in [1.807, 2.05) is 30.3 Å². The molecule has 36 heavy (non-hydrogen) atoms. The van der Waals surface area contributed by atoms with Crippen molar-refractivity contribution in [1.29, 1.82) is 0 Å². The molecule has 190 valence electrons. The number of nitrogens with zero attached hydrogens (tertiary/aromatic N) is 1. The molecule has 0 aliphatic heterocycles. The summed E-state index contributed by atoms with van der Waals surface area (Å²) in [5, 5.41) is 2.85. The number of carbonyl (C=O) groups is 2. The second-order valence-electron chi connectivity index (χ2n) is 8.06. The van der Waals surface area contributed by atoms with E-state index in [2.05, 4.69) is 10.1 Å². The average Bonchev–Trinajstić information content (AvgIpc) is 2.85. The lowest BCUT2D eigenvalue weighted by Gasteiger charge is -2.23. The van der Waals surface area contributed by atoms with Crippen LogP contribution in [0.5, 0.6) is 0 Å². The molecule has 2 amide bonds. The van der Waals surface area contributed by atoms with E-state index in [9.17, 15) is 27.2 Å². The highest BCUT2D eigenvalue weighted by Gasteiger charge is 2.37. The van der Waals surface area contributed by atoms with Crippen molar-refractivity contribution >= 4 is 12.0 Å². The summed E-state index contributed by atoms with van der Waals surface area (Å²) in [6.45, 7) is 2.64. The zero-order valence-electron chi connectivity index (χ0n) is 19.9. The maximum absolute atomic E-state index is 14.8. The van der Waals surface area contributed by atoms with Crippen LogP contribution in [0.2, 0.25) is 0 Å². The molecule has 3 rings (SSSR count). The number of alkyl halides is 3. The third-order valence-corrected chi connectivity index (χ3v) is 5.66. The molecule has 0 aliphatic rings. The number of benzene rings is 3. The number of ether oxygens (including phenoxy) is 1. The third kappa shape index (κ3) is 6.62. The monoisotopic (exact) mass is 502 g/mol. The lowest BCUT2D eigenvalue weighted by atomic mass is 9.93. The van der Waals surface area contributed by atoms with Crippen molar-refractivity contribution in [2.24, 2.45) is 0 Å². The third-order valence-electron chi connectivity index (χ3n) is 5.66. The van der Waals surface area contributed by atoms with Crippen LogP contribution in [0, 0.1) is 5.82 Å². The van der Waals surface area contributed by atoms with Crippen molar-refractivity contribution in [2.45, 2.75) is 32.6 Å². The zero-order chi connectivity index (χ0) is 26.3. The summed E-state index contributed by atoms with van der Waals surface area (Å²) in [5.74, 6) is -2.40. The number of hydrogen-bond acceptors (Lipinski definition) is 3. The van der Waals surface area contributed by atoms with E-state index < -0.39 is 35.5 Å². The number of amides is 2. The quantitative estimate of drug-likeness (QED) is 0.306. The van der Waals surface area contributed by atoms with Gasteiger partial charge in [0.05, 0.1) is 19.1 Å². The van der Waals surface area contributed by atoms with Gasteiger partial charge in [0, 0.05) is 19.6 Å². The minimum atomic E-state index is -4.98. The number of methoxy groups -OCH3 is 1. The number of esters is 1. The first-order valence-corrected chi connectivity index (χ1v) is 11.3. The van der Waals surface area contributed by atoms with E-state index in [1.54, 1.807) is 31.2 Å². The summed E-state index contributed by atoms with van der Waals surface area (Å²) in [4.78, 5) is 26.1. The van der Waals surface area contributed by atoms with Crippen LogP contribution in [0.25, 0.3) is 11.1 Å². The van der Waals surface area contributed by atoms with Gasteiger partial charge in [-0.3, -0.25) is 4.79 Å². The highest BCUT2D eigenvalue weighted by Crippen LogP contribution is 2.38. The van der Waals surface area contributed by atoms with Gasteiger partial charge in [-0.05, 0) is 46.9 Å². The number of hydrogen-bond donors (Lipinski definition) is 1. The van der Waals surface area contributed by atoms with Gasteiger partial charge < -0.3 is 15.0 Å². The van der Waals surface area contributed by atoms with Gasteiger partial charge in [0.15, 0.2) is 0 Å². The maximum Gasteiger partial charge on any atom is 0.419 e. The first kappa shape index (κ1) is 26.7. The van der Waals surface area contributed by atoms with Gasteiger partial charge in [-0.25, -0.2) is 9.18 Å². The molecule has 9 heteroatoms. The SMILES string of the molecule is CCN(Cc1ccccc1-c1cc(F)c(C(F)(F)F)c(CC(=O)OC)c1)C(=O)NCc1ccccc1. The molecule has 0 spiro atoms. The average molecular weight is 503 g/mol. The molecule has 0 radical (unpaired) electrons. The molecule has 0 aliphatic carbocycles. The van der Waals surface area contributed by atoms with E-state index in [4.69, 9.17) is 0 Å². The zero-order valence-corrected chi connectivity index (χ0v) is 19.9. The lowest BCUT2D eigenvalue weighted by Crippen LogP contribution is -2.39. The maximum atomic E-state index is 14.8. The van der Waals surface area contributed by atoms with Crippen molar-refractivity contribution in [3.63, 3.8) is 0 Å². The molecule has 5 nitrogen and oxygen atoms in total. The molecule has 0 fully saturated rings. The van der Waals surface area contributed by atoms with Crippen LogP contribution in [0.4, 0.5) is 22.4 Å². The van der Waals surface area contributed by atoms with Crippen LogP contribution in [0.15, 0.2) is 66.7 Å². The first-order chi connectivity index (χ1) is 17.1. The van der Waals surface area contributed by atoms with Crippen molar-refractivity contribution in [3.8, 4) is 11.1 Å². The molecule has 0 saturated heterocycles. The van der Waals surface area contributed by atoms with Crippen molar-refractivity contribution in [1.82, 2.24) is 10.2 Å². The number of rotatable bonds is 8. The minimum Gasteiger partial charge on any atom is -0.469 e. The Morgan fingerprint density at radius 2 is 1.64 bits per heavy atom. The molecule has 0 heterocycles. The number of urea groups is 1. The molecule has 0 aromatic heterocycles. The van der Waals surface area contributed by atoms with Crippen LogP contribution in [-0.4, -0.2) is 30.6 Å². The van der Waals surface area contributed by atoms with E-state index in [-0.39, 0.29) is 18.1 Å². The molecule has 1 N–H and O–H groups in total. The fourth-order valence-corrected chi connectivity index (χ4v) is 3.86. The second-order valence-corrected chi connectivity index (χ2v) is 8.06. The predicted octanol–water partition coefficient (Wildman–Crippen LogP) is 5.96. The normalized spacial score (nSPS) is 11.2. The van der Waals surface area contributed by atoms with Crippen LogP contribution >= 0.6 is 0 Å². The van der Waals surface area contributed by atoms with Crippen LogP contribution < -0.4 is 5.32 Å². The molecule has 0 bridgehead atoms. The minimum absolute atomic E-state index is 0.141. The highest BCUT2D eigenvalue weighted by atomic mass is 19.4. The summed E-state index contributed by atoms with van der Waals surface area (Å²) in [6, 6.07) is 17.8. The molecule has 3 aromatic carbocycles. The van der Waals surface area contributed by atoms with E-state index >= 15 is 0 Å². The van der Waals surface area contributed by atoms with Gasteiger partial charge in [-0.2, -0.15) is 13.2 Å². The lowest BCUT2D eigenvalue weighted by molar-refractivity contribution is -0.142. The Hall–Kier alpha value is -3.88. The molecule has 0 unspecified atom stereocenters. The van der Waals surface area contributed by atoms with Crippen LogP contribution in [-0.2, 0) is 35.2 Å². The Balaban J connectivity index is 1.92. The standard InChI is InChI=1S/C27H26F4N2O3/c1-3-33(26(35)32-16-18-9-5-4-6-10-18)17-19-11-7-8-12-22(19)20-13-21(15-24(34)36-2)25(23(28)14-20)27(29,30)31/h4-14H,3,15-17H2,1-2H3,(H,32,35). The van der Waals surface area contributed by atoms with Crippen molar-refractivity contribution < 1.29 is 31.9 Å². The summed E-state index contributed by atoms with van der Waals surface area (Å²) in [7, 11) is 1.05.